The van der Waals surface area contributed by atoms with E-state index in [1.807, 2.05) is 11.8 Å². The van der Waals surface area contributed by atoms with E-state index in [-0.39, 0.29) is 5.91 Å². The molecule has 1 aliphatic rings. The maximum atomic E-state index is 12.3. The number of aromatic nitrogens is 1. The Bertz CT molecular complexity index is 421. The third kappa shape index (κ3) is 2.78. The van der Waals surface area contributed by atoms with E-state index in [4.69, 9.17) is 11.6 Å². The molecule has 1 fully saturated rings. The molecule has 4 nitrogen and oxygen atoms in total. The van der Waals surface area contributed by atoms with Crippen LogP contribution in [-0.4, -0.2) is 41.5 Å². The highest BCUT2D eigenvalue weighted by atomic mass is 35.5. The van der Waals surface area contributed by atoms with Gasteiger partial charge in [0, 0.05) is 25.7 Å². The van der Waals surface area contributed by atoms with E-state index in [1.165, 1.54) is 11.3 Å². The maximum Gasteiger partial charge on any atom is 0.265 e. The normalized spacial score (nSPS) is 20.6. The fourth-order valence-electron chi connectivity index (χ4n) is 1.99. The quantitative estimate of drug-likeness (QED) is 0.896. The molecule has 17 heavy (non-hydrogen) atoms. The van der Waals surface area contributed by atoms with Crippen LogP contribution in [0.3, 0.4) is 0 Å². The largest absolute Gasteiger partial charge is 0.335 e. The number of rotatable bonds is 2. The predicted molar refractivity (Wildman–Crippen MR) is 69.8 cm³/mol. The minimum Gasteiger partial charge on any atom is -0.335 e. The molecule has 1 N–H and O–H groups in total. The highest BCUT2D eigenvalue weighted by Gasteiger charge is 2.25. The Morgan fingerprint density at radius 1 is 1.71 bits per heavy atom. The summed E-state index contributed by atoms with van der Waals surface area (Å²) in [4.78, 5) is 19.0. The fourth-order valence-corrected chi connectivity index (χ4v) is 3.11. The van der Waals surface area contributed by atoms with Crippen molar-refractivity contribution in [1.29, 1.82) is 0 Å². The first-order chi connectivity index (χ1) is 8.11. The first-order valence-corrected chi connectivity index (χ1v) is 6.96. The lowest BCUT2D eigenvalue weighted by Gasteiger charge is -2.33. The number of hydrogen-bond acceptors (Lipinski definition) is 4. The standard InChI is InChI=1S/C11H16ClN3OS/c1-3-8-6-15(5-4-13-8)10(16)9-7(2)14-11(12)17-9/h8,13H,3-6H2,1-2H3/t8-/m1/s1. The Labute approximate surface area is 110 Å². The van der Waals surface area contributed by atoms with Gasteiger partial charge in [-0.2, -0.15) is 0 Å². The van der Waals surface area contributed by atoms with Crippen LogP contribution in [0.4, 0.5) is 0 Å². The fraction of sp³-hybridized carbons (Fsp3) is 0.636. The molecule has 0 aliphatic carbocycles. The molecule has 6 heteroatoms. The minimum absolute atomic E-state index is 0.0619. The summed E-state index contributed by atoms with van der Waals surface area (Å²) in [5.74, 6) is 0.0619. The number of nitrogens with zero attached hydrogens (tertiary/aromatic N) is 2. The van der Waals surface area contributed by atoms with Crippen molar-refractivity contribution in [3.05, 3.63) is 15.0 Å². The molecule has 1 aliphatic heterocycles. The second-order valence-corrected chi connectivity index (χ2v) is 5.77. The van der Waals surface area contributed by atoms with Crippen LogP contribution >= 0.6 is 22.9 Å². The van der Waals surface area contributed by atoms with Crippen molar-refractivity contribution in [2.45, 2.75) is 26.3 Å². The lowest BCUT2D eigenvalue weighted by molar-refractivity contribution is 0.0705. The summed E-state index contributed by atoms with van der Waals surface area (Å²) < 4.78 is 0.438. The van der Waals surface area contributed by atoms with Crippen LogP contribution in [0.2, 0.25) is 4.47 Å². The lowest BCUT2D eigenvalue weighted by atomic mass is 10.1. The van der Waals surface area contributed by atoms with Gasteiger partial charge in [-0.15, -0.1) is 0 Å². The lowest BCUT2D eigenvalue weighted by Crippen LogP contribution is -2.52. The van der Waals surface area contributed by atoms with Crippen molar-refractivity contribution in [2.24, 2.45) is 0 Å². The highest BCUT2D eigenvalue weighted by molar-refractivity contribution is 7.17. The summed E-state index contributed by atoms with van der Waals surface area (Å²) in [5, 5.41) is 3.39. The van der Waals surface area contributed by atoms with Crippen molar-refractivity contribution in [2.75, 3.05) is 19.6 Å². The van der Waals surface area contributed by atoms with Crippen molar-refractivity contribution in [3.63, 3.8) is 0 Å². The Kier molecular flexibility index (Phi) is 4.01. The topological polar surface area (TPSA) is 45.2 Å². The maximum absolute atomic E-state index is 12.3. The smallest absolute Gasteiger partial charge is 0.265 e. The molecule has 2 heterocycles. The van der Waals surface area contributed by atoms with Crippen molar-refractivity contribution < 1.29 is 4.79 Å². The first kappa shape index (κ1) is 12.8. The minimum atomic E-state index is 0.0619. The summed E-state index contributed by atoms with van der Waals surface area (Å²) in [7, 11) is 0. The molecule has 0 spiro atoms. The van der Waals surface area contributed by atoms with Crippen LogP contribution in [0.5, 0.6) is 0 Å². The molecular weight excluding hydrogens is 258 g/mol. The van der Waals surface area contributed by atoms with E-state index in [2.05, 4.69) is 17.2 Å². The summed E-state index contributed by atoms with van der Waals surface area (Å²) in [6, 6.07) is 0.399. The molecule has 1 atom stereocenters. The number of hydrogen-bond donors (Lipinski definition) is 1. The summed E-state index contributed by atoms with van der Waals surface area (Å²) in [6.45, 7) is 6.33. The summed E-state index contributed by atoms with van der Waals surface area (Å²) in [5.41, 5.74) is 0.733. The van der Waals surface area contributed by atoms with Gasteiger partial charge in [0.1, 0.15) is 4.88 Å². The molecule has 0 aromatic carbocycles. The van der Waals surface area contributed by atoms with Gasteiger partial charge in [-0.05, 0) is 13.3 Å². The Hall–Kier alpha value is -0.650. The Morgan fingerprint density at radius 2 is 2.47 bits per heavy atom. The number of carbonyl (C=O) groups excluding carboxylic acids is 1. The monoisotopic (exact) mass is 273 g/mol. The van der Waals surface area contributed by atoms with Gasteiger partial charge in [-0.3, -0.25) is 4.79 Å². The first-order valence-electron chi connectivity index (χ1n) is 5.77. The SMILES string of the molecule is CC[C@@H]1CN(C(=O)c2sc(Cl)nc2C)CCN1. The average Bonchev–Trinajstić information content (AvgIpc) is 2.67. The highest BCUT2D eigenvalue weighted by Crippen LogP contribution is 2.24. The number of aryl methyl sites for hydroxylation is 1. The van der Waals surface area contributed by atoms with Gasteiger partial charge in [-0.25, -0.2) is 4.98 Å². The van der Waals surface area contributed by atoms with E-state index in [0.717, 1.165) is 31.7 Å². The molecule has 1 saturated heterocycles. The van der Waals surface area contributed by atoms with Crippen LogP contribution < -0.4 is 5.32 Å². The van der Waals surface area contributed by atoms with E-state index in [9.17, 15) is 4.79 Å². The second-order valence-electron chi connectivity index (χ2n) is 4.19. The zero-order valence-corrected chi connectivity index (χ0v) is 11.6. The summed E-state index contributed by atoms with van der Waals surface area (Å²) >= 11 is 7.10. The number of halogens is 1. The van der Waals surface area contributed by atoms with Crippen molar-refractivity contribution >= 4 is 28.8 Å². The third-order valence-electron chi connectivity index (χ3n) is 3.00. The van der Waals surface area contributed by atoms with Gasteiger partial charge in [0.2, 0.25) is 0 Å². The van der Waals surface area contributed by atoms with Gasteiger partial charge < -0.3 is 10.2 Å². The van der Waals surface area contributed by atoms with Gasteiger partial charge in [0.25, 0.3) is 5.91 Å². The van der Waals surface area contributed by atoms with Crippen LogP contribution in [0, 0.1) is 6.92 Å². The molecular formula is C11H16ClN3OS. The molecule has 1 amide bonds. The average molecular weight is 274 g/mol. The Balaban J connectivity index is 2.12. The number of piperazine rings is 1. The van der Waals surface area contributed by atoms with Gasteiger partial charge in [0.05, 0.1) is 5.69 Å². The van der Waals surface area contributed by atoms with E-state index >= 15 is 0 Å². The molecule has 94 valence electrons. The number of nitrogens with one attached hydrogen (secondary N) is 1. The summed E-state index contributed by atoms with van der Waals surface area (Å²) in [6.07, 6.45) is 1.03. The zero-order valence-electron chi connectivity index (χ0n) is 9.99. The van der Waals surface area contributed by atoms with Crippen molar-refractivity contribution in [1.82, 2.24) is 15.2 Å². The van der Waals surface area contributed by atoms with E-state index in [1.54, 1.807) is 0 Å². The molecule has 0 unspecified atom stereocenters. The molecule has 1 aromatic rings. The third-order valence-corrected chi connectivity index (χ3v) is 4.25. The molecule has 2 rings (SSSR count). The second kappa shape index (κ2) is 5.33. The number of thiazole rings is 1. The van der Waals surface area contributed by atoms with Crippen LogP contribution in [0.25, 0.3) is 0 Å². The van der Waals surface area contributed by atoms with E-state index in [0.29, 0.717) is 15.4 Å². The molecule has 1 aromatic heterocycles. The molecule has 0 saturated carbocycles. The number of amides is 1. The van der Waals surface area contributed by atoms with E-state index < -0.39 is 0 Å². The predicted octanol–water partition coefficient (Wildman–Crippen LogP) is 1.93. The zero-order chi connectivity index (χ0) is 12.4. The molecule has 0 bridgehead atoms. The van der Waals surface area contributed by atoms with Crippen molar-refractivity contribution in [3.8, 4) is 0 Å². The van der Waals surface area contributed by atoms with Crippen LogP contribution in [0.1, 0.15) is 28.7 Å². The number of carbonyl (C=O) groups is 1. The van der Waals surface area contributed by atoms with Gasteiger partial charge in [-0.1, -0.05) is 29.9 Å². The van der Waals surface area contributed by atoms with Crippen LogP contribution in [-0.2, 0) is 0 Å². The van der Waals surface area contributed by atoms with Crippen LogP contribution in [0.15, 0.2) is 0 Å². The molecule has 0 radical (unpaired) electrons. The van der Waals surface area contributed by atoms with Gasteiger partial charge in [0.15, 0.2) is 4.47 Å². The van der Waals surface area contributed by atoms with Gasteiger partial charge >= 0.3 is 0 Å². The Morgan fingerprint density at radius 3 is 3.06 bits per heavy atom.